The number of carbonyl (C=O) groups excluding carboxylic acids is 1. The number of ether oxygens (including phenoxy) is 3. The van der Waals surface area contributed by atoms with Crippen LogP contribution in [0.2, 0.25) is 0 Å². The predicted molar refractivity (Wildman–Crippen MR) is 153 cm³/mol. The van der Waals surface area contributed by atoms with Crippen molar-refractivity contribution in [2.24, 2.45) is 0 Å². The van der Waals surface area contributed by atoms with Crippen molar-refractivity contribution in [1.82, 2.24) is 14.8 Å². The molecule has 4 rings (SSSR count). The fraction of sp³-hybridized carbons (Fsp3) is 0.393. The number of aryl methyl sites for hydroxylation is 1. The van der Waals surface area contributed by atoms with Crippen LogP contribution >= 0.6 is 27.7 Å². The molecule has 1 N–H and O–H groups in total. The number of hydrogen-bond donors (Lipinski definition) is 1. The SMILES string of the molecule is CCCCSc1nc2n(n1)C(c1cc(Br)c(OCc3ccc(C)cc3)c(OC)c1)C(C(=O)OCC)=C(C)N2. The van der Waals surface area contributed by atoms with Crippen LogP contribution < -0.4 is 14.8 Å². The Hall–Kier alpha value is -2.98. The Morgan fingerprint density at radius 2 is 1.95 bits per heavy atom. The summed E-state index contributed by atoms with van der Waals surface area (Å²) in [6.07, 6.45) is 2.17. The largest absolute Gasteiger partial charge is 0.493 e. The summed E-state index contributed by atoms with van der Waals surface area (Å²) in [4.78, 5) is 17.8. The molecule has 2 heterocycles. The van der Waals surface area contributed by atoms with Gasteiger partial charge in [-0.15, -0.1) is 5.10 Å². The lowest BCUT2D eigenvalue weighted by Gasteiger charge is -2.28. The van der Waals surface area contributed by atoms with Crippen molar-refractivity contribution in [1.29, 1.82) is 0 Å². The van der Waals surface area contributed by atoms with Gasteiger partial charge < -0.3 is 19.5 Å². The molecule has 0 fully saturated rings. The summed E-state index contributed by atoms with van der Waals surface area (Å²) in [6, 6.07) is 11.5. The van der Waals surface area contributed by atoms with Crippen LogP contribution in [0.4, 0.5) is 5.95 Å². The third kappa shape index (κ3) is 6.18. The molecule has 8 nitrogen and oxygen atoms in total. The van der Waals surface area contributed by atoms with E-state index in [1.54, 1.807) is 30.5 Å². The molecular formula is C28H33BrN4O4S. The molecule has 1 aromatic heterocycles. The summed E-state index contributed by atoms with van der Waals surface area (Å²) < 4.78 is 19.8. The summed E-state index contributed by atoms with van der Waals surface area (Å²) in [5.41, 5.74) is 4.18. The van der Waals surface area contributed by atoms with E-state index < -0.39 is 12.0 Å². The van der Waals surface area contributed by atoms with Crippen molar-refractivity contribution in [3.05, 3.63) is 68.8 Å². The molecule has 1 aliphatic rings. The maximum Gasteiger partial charge on any atom is 0.338 e. The van der Waals surface area contributed by atoms with Crippen molar-refractivity contribution in [3.8, 4) is 11.5 Å². The average molecular weight is 602 g/mol. The second-order valence-corrected chi connectivity index (χ2v) is 10.9. The maximum atomic E-state index is 13.2. The zero-order valence-corrected chi connectivity index (χ0v) is 24.7. The number of nitrogens with zero attached hydrogens (tertiary/aromatic N) is 3. The molecule has 0 saturated heterocycles. The molecule has 202 valence electrons. The lowest BCUT2D eigenvalue weighted by Crippen LogP contribution is -2.29. The molecule has 0 spiro atoms. The number of rotatable bonds is 11. The van der Waals surface area contributed by atoms with E-state index in [2.05, 4.69) is 47.2 Å². The highest BCUT2D eigenvalue weighted by Gasteiger charge is 2.36. The first kappa shape index (κ1) is 28.0. The van der Waals surface area contributed by atoms with Gasteiger partial charge in [-0.2, -0.15) is 4.98 Å². The number of benzene rings is 2. The minimum atomic E-state index is -0.560. The average Bonchev–Trinajstić information content (AvgIpc) is 3.30. The first-order valence-corrected chi connectivity index (χ1v) is 14.4. The molecule has 0 radical (unpaired) electrons. The number of allylic oxidation sites excluding steroid dienone is 1. The molecule has 0 amide bonds. The Labute approximate surface area is 236 Å². The van der Waals surface area contributed by atoms with E-state index in [0.717, 1.165) is 29.7 Å². The summed E-state index contributed by atoms with van der Waals surface area (Å²) >= 11 is 5.28. The van der Waals surface area contributed by atoms with Crippen LogP contribution in [0.1, 0.15) is 56.3 Å². The minimum absolute atomic E-state index is 0.267. The van der Waals surface area contributed by atoms with Crippen LogP contribution in [0.5, 0.6) is 11.5 Å². The first-order chi connectivity index (χ1) is 18.4. The lowest BCUT2D eigenvalue weighted by atomic mass is 9.95. The summed E-state index contributed by atoms with van der Waals surface area (Å²) in [6.45, 7) is 8.51. The number of fused-ring (bicyclic) bond motifs is 1. The predicted octanol–water partition coefficient (Wildman–Crippen LogP) is 6.68. The van der Waals surface area contributed by atoms with Gasteiger partial charge in [-0.05, 0) is 66.4 Å². The number of methoxy groups -OCH3 is 1. The Bertz CT molecular complexity index is 1320. The summed E-state index contributed by atoms with van der Waals surface area (Å²) in [5, 5.41) is 8.68. The number of unbranched alkanes of at least 4 members (excludes halogenated alkanes) is 1. The van der Waals surface area contributed by atoms with Crippen LogP contribution in [0, 0.1) is 6.92 Å². The van der Waals surface area contributed by atoms with Gasteiger partial charge in [0.05, 0.1) is 23.8 Å². The monoisotopic (exact) mass is 600 g/mol. The topological polar surface area (TPSA) is 87.5 Å². The van der Waals surface area contributed by atoms with E-state index in [9.17, 15) is 4.79 Å². The van der Waals surface area contributed by atoms with Gasteiger partial charge in [-0.3, -0.25) is 0 Å². The van der Waals surface area contributed by atoms with Crippen molar-refractivity contribution >= 4 is 39.6 Å². The fourth-order valence-corrected chi connectivity index (χ4v) is 5.65. The van der Waals surface area contributed by atoms with Crippen molar-refractivity contribution < 1.29 is 19.0 Å². The van der Waals surface area contributed by atoms with E-state index >= 15 is 0 Å². The van der Waals surface area contributed by atoms with Crippen LogP contribution in [-0.2, 0) is 16.1 Å². The molecule has 0 saturated carbocycles. The van der Waals surface area contributed by atoms with Gasteiger partial charge in [0, 0.05) is 11.4 Å². The highest BCUT2D eigenvalue weighted by Crippen LogP contribution is 2.43. The van der Waals surface area contributed by atoms with Crippen LogP contribution in [0.3, 0.4) is 0 Å². The van der Waals surface area contributed by atoms with E-state index in [-0.39, 0.29) is 6.61 Å². The quantitative estimate of drug-likeness (QED) is 0.148. The number of thioether (sulfide) groups is 1. The maximum absolute atomic E-state index is 13.2. The molecule has 0 bridgehead atoms. The number of anilines is 1. The Morgan fingerprint density at radius 3 is 2.63 bits per heavy atom. The molecule has 0 aliphatic carbocycles. The lowest BCUT2D eigenvalue weighted by molar-refractivity contribution is -0.139. The van der Waals surface area contributed by atoms with Gasteiger partial charge in [0.2, 0.25) is 11.1 Å². The molecule has 10 heteroatoms. The number of aromatic nitrogens is 3. The van der Waals surface area contributed by atoms with Crippen LogP contribution in [0.25, 0.3) is 0 Å². The van der Waals surface area contributed by atoms with E-state index in [1.807, 2.05) is 31.2 Å². The van der Waals surface area contributed by atoms with Gasteiger partial charge in [0.1, 0.15) is 12.6 Å². The zero-order chi connectivity index (χ0) is 27.2. The highest BCUT2D eigenvalue weighted by atomic mass is 79.9. The highest BCUT2D eigenvalue weighted by molar-refractivity contribution is 9.10. The van der Waals surface area contributed by atoms with E-state index in [0.29, 0.717) is 45.0 Å². The molecule has 1 unspecified atom stereocenters. The van der Waals surface area contributed by atoms with Crippen LogP contribution in [-0.4, -0.2) is 40.2 Å². The van der Waals surface area contributed by atoms with Gasteiger partial charge >= 0.3 is 5.97 Å². The molecule has 2 aromatic carbocycles. The molecular weight excluding hydrogens is 568 g/mol. The Balaban J connectivity index is 1.73. The smallest absolute Gasteiger partial charge is 0.338 e. The Kier molecular flexibility index (Phi) is 9.38. The van der Waals surface area contributed by atoms with Gasteiger partial charge in [-0.1, -0.05) is 54.9 Å². The number of nitrogens with one attached hydrogen (secondary N) is 1. The number of carbonyl (C=O) groups is 1. The summed E-state index contributed by atoms with van der Waals surface area (Å²) in [5.74, 6) is 2.22. The Morgan fingerprint density at radius 1 is 1.18 bits per heavy atom. The third-order valence-corrected chi connectivity index (χ3v) is 7.64. The second kappa shape index (κ2) is 12.7. The second-order valence-electron chi connectivity index (χ2n) is 8.96. The summed E-state index contributed by atoms with van der Waals surface area (Å²) in [7, 11) is 1.60. The third-order valence-electron chi connectivity index (χ3n) is 6.13. The molecule has 1 aliphatic heterocycles. The van der Waals surface area contributed by atoms with Gasteiger partial charge in [-0.25, -0.2) is 9.48 Å². The molecule has 1 atom stereocenters. The van der Waals surface area contributed by atoms with Crippen molar-refractivity contribution in [2.75, 3.05) is 24.8 Å². The zero-order valence-electron chi connectivity index (χ0n) is 22.3. The molecule has 3 aromatic rings. The van der Waals surface area contributed by atoms with Gasteiger partial charge in [0.25, 0.3) is 0 Å². The first-order valence-electron chi connectivity index (χ1n) is 12.7. The number of esters is 1. The van der Waals surface area contributed by atoms with E-state index in [1.165, 1.54) is 5.56 Å². The van der Waals surface area contributed by atoms with Crippen molar-refractivity contribution in [2.45, 2.75) is 58.3 Å². The normalized spacial score (nSPS) is 14.6. The standard InChI is InChI=1S/C28H33BrN4O4S/c1-6-8-13-38-28-31-27-30-18(4)23(26(34)36-7-2)24(33(27)32-28)20-14-21(29)25(22(15-20)35-5)37-16-19-11-9-17(3)10-12-19/h9-12,14-15,24H,6-8,13,16H2,1-5H3,(H,30,31,32). The van der Waals surface area contributed by atoms with Crippen molar-refractivity contribution in [3.63, 3.8) is 0 Å². The molecule has 38 heavy (non-hydrogen) atoms. The van der Waals surface area contributed by atoms with E-state index in [4.69, 9.17) is 24.3 Å². The number of hydrogen-bond acceptors (Lipinski definition) is 8. The van der Waals surface area contributed by atoms with Gasteiger partial charge in [0.15, 0.2) is 11.5 Å². The minimum Gasteiger partial charge on any atom is -0.493 e. The van der Waals surface area contributed by atoms with Crippen LogP contribution in [0.15, 0.2) is 57.3 Å². The number of halogens is 1. The fourth-order valence-electron chi connectivity index (χ4n) is 4.16.